The first kappa shape index (κ1) is 13.7. The van der Waals surface area contributed by atoms with Crippen LogP contribution in [0.15, 0.2) is 16.6 Å². The minimum absolute atomic E-state index is 0.0561. The number of methoxy groups -OCH3 is 1. The van der Waals surface area contributed by atoms with Crippen LogP contribution < -0.4 is 5.73 Å². The van der Waals surface area contributed by atoms with Gasteiger partial charge in [0.2, 0.25) is 0 Å². The third-order valence-electron chi connectivity index (χ3n) is 3.17. The molecule has 0 heterocycles. The van der Waals surface area contributed by atoms with Crippen LogP contribution in [-0.2, 0) is 9.53 Å². The van der Waals surface area contributed by atoms with E-state index in [1.807, 2.05) is 6.92 Å². The molecular weight excluding hydrogens is 216 g/mol. The molecule has 96 valence electrons. The van der Waals surface area contributed by atoms with E-state index in [1.165, 1.54) is 12.7 Å². The molecule has 4 heteroatoms. The van der Waals surface area contributed by atoms with Gasteiger partial charge in [0.25, 0.3) is 0 Å². The molecule has 0 aromatic carbocycles. The molecule has 0 unspecified atom stereocenters. The van der Waals surface area contributed by atoms with Gasteiger partial charge in [0.15, 0.2) is 0 Å². The van der Waals surface area contributed by atoms with E-state index in [-0.39, 0.29) is 11.4 Å². The van der Waals surface area contributed by atoms with Crippen molar-refractivity contribution in [3.8, 4) is 0 Å². The van der Waals surface area contributed by atoms with Gasteiger partial charge >= 0.3 is 5.97 Å². The summed E-state index contributed by atoms with van der Waals surface area (Å²) in [7, 11) is 1.46. The molecule has 17 heavy (non-hydrogen) atoms. The Morgan fingerprint density at radius 1 is 1.47 bits per heavy atom. The van der Waals surface area contributed by atoms with Gasteiger partial charge in [-0.3, -0.25) is 9.79 Å². The van der Waals surface area contributed by atoms with E-state index in [2.05, 4.69) is 11.1 Å². The largest absolute Gasteiger partial charge is 0.469 e. The number of aliphatic imine (C=N–C) groups is 1. The lowest BCUT2D eigenvalue weighted by Crippen LogP contribution is -2.17. The van der Waals surface area contributed by atoms with Gasteiger partial charge in [-0.05, 0) is 39.5 Å². The van der Waals surface area contributed by atoms with Gasteiger partial charge in [0.1, 0.15) is 0 Å². The summed E-state index contributed by atoms with van der Waals surface area (Å²) in [5.41, 5.74) is 6.48. The van der Waals surface area contributed by atoms with Crippen molar-refractivity contribution in [2.45, 2.75) is 39.5 Å². The average molecular weight is 238 g/mol. The maximum atomic E-state index is 11.5. The summed E-state index contributed by atoms with van der Waals surface area (Å²) < 4.78 is 4.82. The number of nitrogens with zero attached hydrogens (tertiary/aromatic N) is 1. The zero-order chi connectivity index (χ0) is 12.9. The van der Waals surface area contributed by atoms with Crippen LogP contribution in [0.25, 0.3) is 0 Å². The van der Waals surface area contributed by atoms with Crippen molar-refractivity contribution < 1.29 is 9.53 Å². The van der Waals surface area contributed by atoms with Crippen molar-refractivity contribution in [2.75, 3.05) is 13.7 Å². The van der Waals surface area contributed by atoms with Crippen molar-refractivity contribution >= 4 is 11.8 Å². The lowest BCUT2D eigenvalue weighted by molar-refractivity contribution is -0.147. The molecule has 0 spiro atoms. The van der Waals surface area contributed by atoms with Crippen LogP contribution in [0.2, 0.25) is 0 Å². The fourth-order valence-electron chi connectivity index (χ4n) is 1.83. The van der Waals surface area contributed by atoms with Crippen molar-refractivity contribution in [1.82, 2.24) is 0 Å². The molecule has 0 saturated heterocycles. The molecule has 4 nitrogen and oxygen atoms in total. The summed E-state index contributed by atoms with van der Waals surface area (Å²) in [5, 5.41) is 0. The lowest BCUT2D eigenvalue weighted by Gasteiger charge is -2.10. The molecule has 2 N–H and O–H groups in total. The van der Waals surface area contributed by atoms with E-state index in [4.69, 9.17) is 10.5 Å². The van der Waals surface area contributed by atoms with Gasteiger partial charge in [-0.25, -0.2) is 0 Å². The molecular formula is C13H22N2O2. The van der Waals surface area contributed by atoms with Crippen molar-refractivity contribution in [3.63, 3.8) is 0 Å². The summed E-state index contributed by atoms with van der Waals surface area (Å²) in [6, 6.07) is 0. The molecule has 0 aromatic heterocycles. The number of hydrogen-bond acceptors (Lipinski definition) is 3. The van der Waals surface area contributed by atoms with Crippen LogP contribution >= 0.6 is 0 Å². The van der Waals surface area contributed by atoms with Gasteiger partial charge in [0, 0.05) is 0 Å². The second-order valence-corrected chi connectivity index (χ2v) is 4.82. The van der Waals surface area contributed by atoms with Crippen LogP contribution in [-0.4, -0.2) is 25.5 Å². The Hall–Kier alpha value is -1.32. The molecule has 0 aromatic rings. The zero-order valence-electron chi connectivity index (χ0n) is 11.0. The van der Waals surface area contributed by atoms with E-state index >= 15 is 0 Å². The summed E-state index contributed by atoms with van der Waals surface area (Å²) in [5.74, 6) is 0.547. The number of amidine groups is 1. The highest BCUT2D eigenvalue weighted by Crippen LogP contribution is 2.50. The maximum absolute atomic E-state index is 11.5. The van der Waals surface area contributed by atoms with Gasteiger partial charge in [-0.1, -0.05) is 11.6 Å². The normalized spacial score (nSPS) is 19.0. The number of allylic oxidation sites excluding steroid dienone is 1. The van der Waals surface area contributed by atoms with E-state index in [9.17, 15) is 4.79 Å². The predicted molar refractivity (Wildman–Crippen MR) is 68.8 cm³/mol. The Morgan fingerprint density at radius 2 is 2.12 bits per heavy atom. The quantitative estimate of drug-likeness (QED) is 0.333. The molecule has 0 radical (unpaired) electrons. The first-order chi connectivity index (χ1) is 8.00. The number of carbonyl (C=O) groups is 1. The van der Waals surface area contributed by atoms with Crippen molar-refractivity contribution in [3.05, 3.63) is 11.6 Å². The Labute approximate surface area is 103 Å². The number of carbonyl (C=O) groups excluding carboxylic acids is 1. The molecule has 1 fully saturated rings. The molecule has 0 aliphatic heterocycles. The molecule has 0 bridgehead atoms. The fourth-order valence-corrected chi connectivity index (χ4v) is 1.83. The van der Waals surface area contributed by atoms with Crippen molar-refractivity contribution in [1.29, 1.82) is 0 Å². The van der Waals surface area contributed by atoms with Gasteiger partial charge in [-0.2, -0.15) is 0 Å². The second-order valence-electron chi connectivity index (χ2n) is 4.82. The van der Waals surface area contributed by atoms with Gasteiger partial charge < -0.3 is 10.5 Å². The average Bonchev–Trinajstić information content (AvgIpc) is 3.06. The van der Waals surface area contributed by atoms with E-state index < -0.39 is 0 Å². The Kier molecular flexibility index (Phi) is 4.73. The SMILES string of the molecule is COC(=O)C1(CC/C=C(/C)CN=C(C)N)CC1. The number of rotatable bonds is 6. The number of nitrogens with two attached hydrogens (primary N) is 1. The number of hydrogen-bond donors (Lipinski definition) is 1. The van der Waals surface area contributed by atoms with E-state index in [0.717, 1.165) is 25.7 Å². The number of ether oxygens (including phenoxy) is 1. The fraction of sp³-hybridized carbons (Fsp3) is 0.692. The van der Waals surface area contributed by atoms with Crippen LogP contribution in [0, 0.1) is 5.41 Å². The van der Waals surface area contributed by atoms with E-state index in [0.29, 0.717) is 12.4 Å². The topological polar surface area (TPSA) is 64.7 Å². The second kappa shape index (κ2) is 5.84. The predicted octanol–water partition coefficient (Wildman–Crippen LogP) is 2.04. The summed E-state index contributed by atoms with van der Waals surface area (Å²) in [6.45, 7) is 4.46. The standard InChI is InChI=1S/C13H22N2O2/c1-10(9-15-11(2)14)5-4-6-13(7-8-13)12(16)17-3/h5H,4,6-9H2,1-3H3,(H2,14,15)/b10-5-. The molecule has 1 aliphatic rings. The maximum Gasteiger partial charge on any atom is 0.311 e. The summed E-state index contributed by atoms with van der Waals surface area (Å²) >= 11 is 0. The minimum atomic E-state index is -0.182. The summed E-state index contributed by atoms with van der Waals surface area (Å²) in [4.78, 5) is 15.6. The first-order valence-corrected chi connectivity index (χ1v) is 6.01. The smallest absolute Gasteiger partial charge is 0.311 e. The number of esters is 1. The molecule has 1 rings (SSSR count). The Balaban J connectivity index is 2.34. The molecule has 1 aliphatic carbocycles. The Bertz CT molecular complexity index is 337. The van der Waals surface area contributed by atoms with E-state index in [1.54, 1.807) is 6.92 Å². The van der Waals surface area contributed by atoms with Gasteiger partial charge in [0.05, 0.1) is 24.9 Å². The summed E-state index contributed by atoms with van der Waals surface area (Å²) in [6.07, 6.45) is 5.84. The van der Waals surface area contributed by atoms with Crippen LogP contribution in [0.4, 0.5) is 0 Å². The lowest BCUT2D eigenvalue weighted by atomic mass is 9.99. The third-order valence-corrected chi connectivity index (χ3v) is 3.17. The van der Waals surface area contributed by atoms with Crippen LogP contribution in [0.3, 0.4) is 0 Å². The Morgan fingerprint density at radius 3 is 2.59 bits per heavy atom. The monoisotopic (exact) mass is 238 g/mol. The highest BCUT2D eigenvalue weighted by Gasteiger charge is 2.49. The van der Waals surface area contributed by atoms with Crippen molar-refractivity contribution in [2.24, 2.45) is 16.1 Å². The third kappa shape index (κ3) is 4.21. The molecule has 1 saturated carbocycles. The molecule has 0 amide bonds. The van der Waals surface area contributed by atoms with Gasteiger partial charge in [-0.15, -0.1) is 0 Å². The van der Waals surface area contributed by atoms with Crippen LogP contribution in [0.1, 0.15) is 39.5 Å². The zero-order valence-corrected chi connectivity index (χ0v) is 11.0. The molecule has 0 atom stereocenters. The highest BCUT2D eigenvalue weighted by atomic mass is 16.5. The highest BCUT2D eigenvalue weighted by molar-refractivity contribution is 5.79. The van der Waals surface area contributed by atoms with Crippen LogP contribution in [0.5, 0.6) is 0 Å². The first-order valence-electron chi connectivity index (χ1n) is 6.01. The minimum Gasteiger partial charge on any atom is -0.469 e.